The highest BCUT2D eigenvalue weighted by Crippen LogP contribution is 2.40. The standard InChI is InChI=1S/C25H21NO2S2/c1-26-21-15-9-8-14-20(21)23(27)22(24(26)28)25(29-16-18-10-4-2-5-11-18)30-17-19-12-6-3-7-13-19/h2-15H,16-17H2,1H3. The Kier molecular flexibility index (Phi) is 6.41. The van der Waals surface area contributed by atoms with Crippen molar-refractivity contribution in [1.29, 1.82) is 0 Å². The summed E-state index contributed by atoms with van der Waals surface area (Å²) in [5.41, 5.74) is 3.83. The molecule has 0 atom stereocenters. The van der Waals surface area contributed by atoms with Gasteiger partial charge in [-0.05, 0) is 23.3 Å². The molecule has 0 unspecified atom stereocenters. The number of rotatable bonds is 6. The van der Waals surface area contributed by atoms with Gasteiger partial charge < -0.3 is 4.90 Å². The number of nitrogens with zero attached hydrogens (tertiary/aromatic N) is 1. The molecule has 30 heavy (non-hydrogen) atoms. The maximum absolute atomic E-state index is 13.3. The second-order valence-corrected chi connectivity index (χ2v) is 9.15. The number of hydrogen-bond donors (Lipinski definition) is 0. The first kappa shape index (κ1) is 20.5. The van der Waals surface area contributed by atoms with Crippen LogP contribution < -0.4 is 4.90 Å². The van der Waals surface area contributed by atoms with Crippen LogP contribution in [0.5, 0.6) is 0 Å². The van der Waals surface area contributed by atoms with Gasteiger partial charge in [-0.15, -0.1) is 23.5 Å². The molecule has 5 heteroatoms. The molecule has 3 aromatic carbocycles. The molecule has 1 aliphatic heterocycles. The number of fused-ring (bicyclic) bond motifs is 1. The first-order valence-electron chi connectivity index (χ1n) is 9.64. The van der Waals surface area contributed by atoms with E-state index < -0.39 is 0 Å². The Balaban J connectivity index is 1.70. The average molecular weight is 432 g/mol. The summed E-state index contributed by atoms with van der Waals surface area (Å²) < 4.78 is 0.777. The summed E-state index contributed by atoms with van der Waals surface area (Å²) in [5.74, 6) is 0.973. The van der Waals surface area contributed by atoms with Gasteiger partial charge in [0, 0.05) is 24.1 Å². The van der Waals surface area contributed by atoms with E-state index in [0.29, 0.717) is 22.8 Å². The second kappa shape index (κ2) is 9.37. The molecule has 0 aliphatic carbocycles. The number of carbonyl (C=O) groups excluding carboxylic acids is 2. The molecule has 0 N–H and O–H groups in total. The zero-order valence-electron chi connectivity index (χ0n) is 16.6. The van der Waals surface area contributed by atoms with Gasteiger partial charge in [0.15, 0.2) is 0 Å². The topological polar surface area (TPSA) is 37.4 Å². The van der Waals surface area contributed by atoms with Crippen molar-refractivity contribution in [3.05, 3.63) is 111 Å². The van der Waals surface area contributed by atoms with E-state index >= 15 is 0 Å². The average Bonchev–Trinajstić information content (AvgIpc) is 2.80. The van der Waals surface area contributed by atoms with Crippen molar-refractivity contribution in [2.45, 2.75) is 11.5 Å². The predicted molar refractivity (Wildman–Crippen MR) is 127 cm³/mol. The number of benzene rings is 3. The van der Waals surface area contributed by atoms with Gasteiger partial charge in [0.05, 0.1) is 9.92 Å². The minimum atomic E-state index is -0.241. The molecule has 0 saturated carbocycles. The summed E-state index contributed by atoms with van der Waals surface area (Å²) in [7, 11) is 1.73. The number of ketones is 1. The molecule has 0 aromatic heterocycles. The summed E-state index contributed by atoms with van der Waals surface area (Å²) in [6, 6.07) is 27.5. The number of anilines is 1. The maximum Gasteiger partial charge on any atom is 0.263 e. The number of likely N-dealkylation sites (N-methyl/N-ethyl adjacent to an activating group) is 1. The third kappa shape index (κ3) is 4.37. The van der Waals surface area contributed by atoms with Crippen molar-refractivity contribution in [3.8, 4) is 0 Å². The normalized spacial score (nSPS) is 13.4. The van der Waals surface area contributed by atoms with Gasteiger partial charge in [0.2, 0.25) is 5.78 Å². The van der Waals surface area contributed by atoms with E-state index in [9.17, 15) is 9.59 Å². The van der Waals surface area contributed by atoms with Gasteiger partial charge >= 0.3 is 0 Å². The van der Waals surface area contributed by atoms with Crippen molar-refractivity contribution in [3.63, 3.8) is 0 Å². The van der Waals surface area contributed by atoms with Crippen LogP contribution in [0.2, 0.25) is 0 Å². The molecular weight excluding hydrogens is 410 g/mol. The van der Waals surface area contributed by atoms with Gasteiger partial charge in [-0.3, -0.25) is 9.59 Å². The minimum Gasteiger partial charge on any atom is -0.311 e. The lowest BCUT2D eigenvalue weighted by Crippen LogP contribution is -2.37. The van der Waals surface area contributed by atoms with E-state index in [-0.39, 0.29) is 17.3 Å². The van der Waals surface area contributed by atoms with Crippen LogP contribution in [0.4, 0.5) is 5.69 Å². The Morgan fingerprint density at radius 2 is 1.23 bits per heavy atom. The highest BCUT2D eigenvalue weighted by molar-refractivity contribution is 8.21. The van der Waals surface area contributed by atoms with Crippen LogP contribution in [0, 0.1) is 0 Å². The van der Waals surface area contributed by atoms with E-state index in [1.165, 1.54) is 0 Å². The Hall–Kier alpha value is -2.76. The number of thioether (sulfide) groups is 2. The fourth-order valence-corrected chi connectivity index (χ4v) is 5.60. The molecule has 0 bridgehead atoms. The van der Waals surface area contributed by atoms with Crippen molar-refractivity contribution >= 4 is 40.9 Å². The molecule has 1 amide bonds. The third-order valence-electron chi connectivity index (χ3n) is 4.89. The quantitative estimate of drug-likeness (QED) is 0.358. The third-order valence-corrected chi connectivity index (χ3v) is 7.48. The fourth-order valence-electron chi connectivity index (χ4n) is 3.28. The van der Waals surface area contributed by atoms with E-state index in [0.717, 1.165) is 15.4 Å². The molecule has 1 heterocycles. The summed E-state index contributed by atoms with van der Waals surface area (Å²) in [6.45, 7) is 0. The number of carbonyl (C=O) groups is 2. The summed E-state index contributed by atoms with van der Waals surface area (Å²) >= 11 is 3.12. The molecule has 1 aliphatic rings. The minimum absolute atomic E-state index is 0.190. The van der Waals surface area contributed by atoms with E-state index in [2.05, 4.69) is 24.3 Å². The van der Waals surface area contributed by atoms with E-state index in [1.54, 1.807) is 41.5 Å². The van der Waals surface area contributed by atoms with Gasteiger partial charge in [-0.25, -0.2) is 0 Å². The number of amides is 1. The van der Waals surface area contributed by atoms with Gasteiger partial charge in [0.25, 0.3) is 5.91 Å². The lowest BCUT2D eigenvalue weighted by atomic mass is 9.97. The monoisotopic (exact) mass is 431 g/mol. The first-order chi connectivity index (χ1) is 14.6. The van der Waals surface area contributed by atoms with Gasteiger partial charge in [-0.1, -0.05) is 72.8 Å². The fraction of sp³-hybridized carbons (Fsp3) is 0.120. The summed E-state index contributed by atoms with van der Waals surface area (Å²) in [5, 5.41) is 0. The van der Waals surface area contributed by atoms with Crippen LogP contribution in [0.25, 0.3) is 0 Å². The highest BCUT2D eigenvalue weighted by atomic mass is 32.2. The van der Waals surface area contributed by atoms with E-state index in [1.807, 2.05) is 54.6 Å². The lowest BCUT2D eigenvalue weighted by Gasteiger charge is -2.27. The predicted octanol–water partition coefficient (Wildman–Crippen LogP) is 5.92. The lowest BCUT2D eigenvalue weighted by molar-refractivity contribution is -0.114. The largest absolute Gasteiger partial charge is 0.311 e. The van der Waals surface area contributed by atoms with Crippen LogP contribution in [-0.4, -0.2) is 18.7 Å². The molecule has 0 spiro atoms. The van der Waals surface area contributed by atoms with E-state index in [4.69, 9.17) is 0 Å². The first-order valence-corrected chi connectivity index (χ1v) is 11.6. The van der Waals surface area contributed by atoms with Crippen LogP contribution >= 0.6 is 23.5 Å². The Morgan fingerprint density at radius 1 is 0.733 bits per heavy atom. The zero-order valence-corrected chi connectivity index (χ0v) is 18.2. The molecule has 0 radical (unpaired) electrons. The van der Waals surface area contributed by atoms with Crippen molar-refractivity contribution in [2.24, 2.45) is 0 Å². The Bertz CT molecular complexity index is 1050. The smallest absolute Gasteiger partial charge is 0.263 e. The Morgan fingerprint density at radius 3 is 1.80 bits per heavy atom. The summed E-state index contributed by atoms with van der Waals surface area (Å²) in [6.07, 6.45) is 0. The zero-order chi connectivity index (χ0) is 20.9. The number of hydrogen-bond acceptors (Lipinski definition) is 4. The molecule has 150 valence electrons. The molecule has 0 saturated heterocycles. The highest BCUT2D eigenvalue weighted by Gasteiger charge is 2.35. The number of Topliss-reactive ketones (excluding diaryl/α,β-unsaturated/α-hetero) is 1. The molecule has 4 rings (SSSR count). The molecular formula is C25H21NO2S2. The van der Waals surface area contributed by atoms with Crippen molar-refractivity contribution in [1.82, 2.24) is 0 Å². The van der Waals surface area contributed by atoms with Crippen molar-refractivity contribution in [2.75, 3.05) is 11.9 Å². The van der Waals surface area contributed by atoms with Crippen LogP contribution in [-0.2, 0) is 16.3 Å². The van der Waals surface area contributed by atoms with Crippen LogP contribution in [0.3, 0.4) is 0 Å². The van der Waals surface area contributed by atoms with Crippen LogP contribution in [0.1, 0.15) is 21.5 Å². The maximum atomic E-state index is 13.3. The molecule has 3 nitrogen and oxygen atoms in total. The summed E-state index contributed by atoms with van der Waals surface area (Å²) in [4.78, 5) is 28.1. The van der Waals surface area contributed by atoms with Gasteiger partial charge in [-0.2, -0.15) is 0 Å². The molecule has 3 aromatic rings. The van der Waals surface area contributed by atoms with Gasteiger partial charge in [0.1, 0.15) is 5.57 Å². The number of para-hydroxylation sites is 1. The Labute approximate surface area is 185 Å². The second-order valence-electron chi connectivity index (χ2n) is 6.92. The van der Waals surface area contributed by atoms with Crippen molar-refractivity contribution < 1.29 is 9.59 Å². The van der Waals surface area contributed by atoms with Crippen LogP contribution in [0.15, 0.2) is 94.7 Å². The molecule has 0 fully saturated rings. The SMILES string of the molecule is CN1C(=O)C(=C(SCc2ccccc2)SCc2ccccc2)C(=O)c2ccccc21.